The number of pyridine rings is 1. The van der Waals surface area contributed by atoms with E-state index in [4.69, 9.17) is 0 Å². The Labute approximate surface area is 125 Å². The number of nitrogens with zero attached hydrogens (tertiary/aromatic N) is 2. The van der Waals surface area contributed by atoms with Crippen molar-refractivity contribution in [2.75, 3.05) is 13.1 Å². The molecule has 0 saturated carbocycles. The van der Waals surface area contributed by atoms with Gasteiger partial charge in [0.1, 0.15) is 17.9 Å². The molecule has 2 aromatic rings. The second-order valence-electron chi connectivity index (χ2n) is 6.73. The smallest absolute Gasteiger partial charge is 0.258 e. The Balaban J connectivity index is 1.90. The lowest BCUT2D eigenvalue weighted by atomic mass is 9.92. The largest absolute Gasteiger partial charge is 0.329 e. The first-order valence-corrected chi connectivity index (χ1v) is 7.85. The molecule has 3 rings (SSSR count). The standard InChI is InChI=1S/C17H23N3O/c1-12-7-13(2)10-19(9-12)11-15-8-17(21)20-14(3)5-4-6-16(20)18-15/h4-6,8,12-13H,7,9-11H2,1-3H3/p+1/t12-,13-/m1/s1. The van der Waals surface area contributed by atoms with E-state index in [1.54, 1.807) is 15.4 Å². The summed E-state index contributed by atoms with van der Waals surface area (Å²) in [6, 6.07) is 7.51. The number of aryl methyl sites for hydroxylation is 1. The van der Waals surface area contributed by atoms with Gasteiger partial charge in [0.25, 0.3) is 5.56 Å². The van der Waals surface area contributed by atoms with Crippen molar-refractivity contribution in [3.05, 3.63) is 46.0 Å². The summed E-state index contributed by atoms with van der Waals surface area (Å²) in [6.07, 6.45) is 1.32. The number of hydrogen-bond donors (Lipinski definition) is 1. The monoisotopic (exact) mass is 286 g/mol. The molecule has 0 unspecified atom stereocenters. The highest BCUT2D eigenvalue weighted by molar-refractivity contribution is 5.40. The van der Waals surface area contributed by atoms with Crippen LogP contribution in [-0.2, 0) is 6.54 Å². The van der Waals surface area contributed by atoms with Gasteiger partial charge in [-0.2, -0.15) is 0 Å². The van der Waals surface area contributed by atoms with Gasteiger partial charge in [-0.1, -0.05) is 19.9 Å². The molecule has 1 N–H and O–H groups in total. The van der Waals surface area contributed by atoms with Crippen LogP contribution in [0.4, 0.5) is 0 Å². The number of aromatic nitrogens is 2. The highest BCUT2D eigenvalue weighted by atomic mass is 16.1. The molecule has 4 nitrogen and oxygen atoms in total. The zero-order valence-electron chi connectivity index (χ0n) is 13.1. The lowest BCUT2D eigenvalue weighted by molar-refractivity contribution is -0.926. The molecule has 112 valence electrons. The van der Waals surface area contributed by atoms with E-state index in [1.807, 2.05) is 25.1 Å². The van der Waals surface area contributed by atoms with Crippen molar-refractivity contribution in [2.45, 2.75) is 33.7 Å². The summed E-state index contributed by atoms with van der Waals surface area (Å²) in [6.45, 7) is 9.80. The number of hydrogen-bond acceptors (Lipinski definition) is 2. The van der Waals surface area contributed by atoms with Crippen molar-refractivity contribution in [1.82, 2.24) is 9.38 Å². The third-order valence-corrected chi connectivity index (χ3v) is 4.44. The van der Waals surface area contributed by atoms with Crippen molar-refractivity contribution in [2.24, 2.45) is 11.8 Å². The lowest BCUT2D eigenvalue weighted by Gasteiger charge is -2.31. The lowest BCUT2D eigenvalue weighted by Crippen LogP contribution is -3.13. The normalized spacial score (nSPS) is 26.1. The summed E-state index contributed by atoms with van der Waals surface area (Å²) in [7, 11) is 0. The third-order valence-electron chi connectivity index (χ3n) is 4.44. The SMILES string of the molecule is Cc1cccc2nc(C[NH+]3C[C@H](C)C[C@@H](C)C3)cc(=O)n12. The summed E-state index contributed by atoms with van der Waals surface area (Å²) in [5.41, 5.74) is 2.65. The van der Waals surface area contributed by atoms with E-state index >= 15 is 0 Å². The topological polar surface area (TPSA) is 38.8 Å². The average Bonchev–Trinajstić information content (AvgIpc) is 2.36. The number of nitrogens with one attached hydrogen (secondary N) is 1. The fourth-order valence-electron chi connectivity index (χ4n) is 3.78. The van der Waals surface area contributed by atoms with Crippen LogP contribution in [0, 0.1) is 18.8 Å². The van der Waals surface area contributed by atoms with Gasteiger partial charge in [-0.05, 0) is 25.5 Å². The zero-order valence-corrected chi connectivity index (χ0v) is 13.1. The third kappa shape index (κ3) is 3.00. The van der Waals surface area contributed by atoms with Gasteiger partial charge in [0, 0.05) is 23.6 Å². The summed E-state index contributed by atoms with van der Waals surface area (Å²) in [5, 5.41) is 0. The second kappa shape index (κ2) is 5.60. The summed E-state index contributed by atoms with van der Waals surface area (Å²) >= 11 is 0. The molecule has 1 fully saturated rings. The minimum atomic E-state index is 0.0330. The Hall–Kier alpha value is -1.68. The van der Waals surface area contributed by atoms with Crippen LogP contribution >= 0.6 is 0 Å². The zero-order chi connectivity index (χ0) is 15.0. The van der Waals surface area contributed by atoms with Crippen molar-refractivity contribution in [3.63, 3.8) is 0 Å². The van der Waals surface area contributed by atoms with Gasteiger partial charge in [-0.15, -0.1) is 0 Å². The van der Waals surface area contributed by atoms with E-state index in [0.29, 0.717) is 0 Å². The molecule has 4 heteroatoms. The molecule has 0 aromatic carbocycles. The van der Waals surface area contributed by atoms with Crippen molar-refractivity contribution in [1.29, 1.82) is 0 Å². The summed E-state index contributed by atoms with van der Waals surface area (Å²) in [4.78, 5) is 18.5. The molecule has 1 aliphatic rings. The van der Waals surface area contributed by atoms with Crippen LogP contribution < -0.4 is 10.5 Å². The van der Waals surface area contributed by atoms with Crippen LogP contribution in [0.25, 0.3) is 5.65 Å². The van der Waals surface area contributed by atoms with Crippen LogP contribution in [0.15, 0.2) is 29.1 Å². The molecule has 1 aliphatic heterocycles. The Morgan fingerprint density at radius 3 is 2.71 bits per heavy atom. The molecular formula is C17H24N3O+. The molecule has 3 heterocycles. The highest BCUT2D eigenvalue weighted by Gasteiger charge is 2.25. The first-order valence-electron chi connectivity index (χ1n) is 7.85. The van der Waals surface area contributed by atoms with Crippen molar-refractivity contribution < 1.29 is 4.90 Å². The maximum atomic E-state index is 12.3. The highest BCUT2D eigenvalue weighted by Crippen LogP contribution is 2.12. The predicted molar refractivity (Wildman–Crippen MR) is 83.5 cm³/mol. The molecule has 2 aromatic heterocycles. The van der Waals surface area contributed by atoms with Crippen molar-refractivity contribution >= 4 is 5.65 Å². The van der Waals surface area contributed by atoms with Crippen molar-refractivity contribution in [3.8, 4) is 0 Å². The van der Waals surface area contributed by atoms with E-state index in [-0.39, 0.29) is 5.56 Å². The first-order chi connectivity index (χ1) is 10.0. The minimum Gasteiger partial charge on any atom is -0.329 e. The average molecular weight is 286 g/mol. The van der Waals surface area contributed by atoms with E-state index < -0.39 is 0 Å². The Kier molecular flexibility index (Phi) is 3.81. The molecule has 0 amide bonds. The van der Waals surface area contributed by atoms with E-state index in [2.05, 4.69) is 18.8 Å². The van der Waals surface area contributed by atoms with Gasteiger partial charge in [0.05, 0.1) is 13.1 Å². The molecule has 2 atom stereocenters. The van der Waals surface area contributed by atoms with Crippen LogP contribution in [0.3, 0.4) is 0 Å². The van der Waals surface area contributed by atoms with E-state index in [1.165, 1.54) is 19.5 Å². The number of likely N-dealkylation sites (tertiary alicyclic amines) is 1. The van der Waals surface area contributed by atoms with Gasteiger partial charge in [-0.3, -0.25) is 9.20 Å². The fourth-order valence-corrected chi connectivity index (χ4v) is 3.78. The molecule has 0 bridgehead atoms. The van der Waals surface area contributed by atoms with Crippen LogP contribution in [-0.4, -0.2) is 22.5 Å². The predicted octanol–water partition coefficient (Wildman–Crippen LogP) is 1.06. The summed E-state index contributed by atoms with van der Waals surface area (Å²) in [5.74, 6) is 1.51. The van der Waals surface area contributed by atoms with Crippen LogP contribution in [0.2, 0.25) is 0 Å². The maximum Gasteiger partial charge on any atom is 0.258 e. The van der Waals surface area contributed by atoms with Gasteiger partial charge >= 0.3 is 0 Å². The Morgan fingerprint density at radius 1 is 1.29 bits per heavy atom. The minimum absolute atomic E-state index is 0.0330. The fraction of sp³-hybridized carbons (Fsp3) is 0.529. The quantitative estimate of drug-likeness (QED) is 0.897. The van der Waals surface area contributed by atoms with Gasteiger partial charge in [0.2, 0.25) is 0 Å². The maximum absolute atomic E-state index is 12.3. The van der Waals surface area contributed by atoms with E-state index in [0.717, 1.165) is 35.4 Å². The van der Waals surface area contributed by atoms with Crippen LogP contribution in [0.5, 0.6) is 0 Å². The number of fused-ring (bicyclic) bond motifs is 1. The number of piperidine rings is 1. The van der Waals surface area contributed by atoms with Gasteiger partial charge < -0.3 is 4.90 Å². The molecule has 1 saturated heterocycles. The van der Waals surface area contributed by atoms with E-state index in [9.17, 15) is 4.79 Å². The molecule has 0 spiro atoms. The molecule has 21 heavy (non-hydrogen) atoms. The summed E-state index contributed by atoms with van der Waals surface area (Å²) < 4.78 is 1.68. The van der Waals surface area contributed by atoms with Gasteiger partial charge in [-0.25, -0.2) is 4.98 Å². The van der Waals surface area contributed by atoms with Crippen LogP contribution in [0.1, 0.15) is 31.7 Å². The number of rotatable bonds is 2. The number of quaternary nitrogens is 1. The first kappa shape index (κ1) is 14.3. The molecule has 0 radical (unpaired) electrons. The van der Waals surface area contributed by atoms with Gasteiger partial charge in [0.15, 0.2) is 0 Å². The Morgan fingerprint density at radius 2 is 2.00 bits per heavy atom. The second-order valence-corrected chi connectivity index (χ2v) is 6.73. The molecular weight excluding hydrogens is 262 g/mol. The molecule has 0 aliphatic carbocycles. The Bertz CT molecular complexity index is 697.